The van der Waals surface area contributed by atoms with Gasteiger partial charge in [-0.25, -0.2) is 0 Å². The Bertz CT molecular complexity index is 495. The second-order valence-corrected chi connectivity index (χ2v) is 7.07. The molecule has 130 valence electrons. The maximum absolute atomic E-state index is 12.5. The first-order valence-corrected chi connectivity index (χ1v) is 8.81. The highest BCUT2D eigenvalue weighted by Gasteiger charge is 2.32. The van der Waals surface area contributed by atoms with E-state index in [1.54, 1.807) is 0 Å². The summed E-state index contributed by atoms with van der Waals surface area (Å²) in [5.74, 6) is 2.43. The van der Waals surface area contributed by atoms with Crippen LogP contribution in [0.3, 0.4) is 0 Å². The summed E-state index contributed by atoms with van der Waals surface area (Å²) in [6, 6.07) is 8.74. The number of nitrogens with zero attached hydrogens (tertiary/aromatic N) is 1. The first-order valence-electron chi connectivity index (χ1n) is 7.65. The Hall–Kier alpha value is -0.620. The van der Waals surface area contributed by atoms with Gasteiger partial charge >= 0.3 is 0 Å². The first kappa shape index (κ1) is 20.4. The normalized spacial score (nSPS) is 23.6. The van der Waals surface area contributed by atoms with Crippen LogP contribution < -0.4 is 10.6 Å². The molecule has 1 aromatic carbocycles. The van der Waals surface area contributed by atoms with Crippen molar-refractivity contribution in [1.29, 1.82) is 0 Å². The Morgan fingerprint density at radius 3 is 2.52 bits per heavy atom. The fraction of sp³-hybridized carbons (Fsp3) is 0.562. The Morgan fingerprint density at radius 1 is 1.22 bits per heavy atom. The van der Waals surface area contributed by atoms with E-state index in [1.807, 2.05) is 16.7 Å². The number of halogens is 2. The molecule has 1 aromatic rings. The second-order valence-electron chi connectivity index (χ2n) is 5.84. The average Bonchev–Trinajstić information content (AvgIpc) is 2.98. The Morgan fingerprint density at radius 2 is 1.87 bits per heavy atom. The number of aryl methyl sites for hydroxylation is 1. The van der Waals surface area contributed by atoms with Gasteiger partial charge in [0.25, 0.3) is 0 Å². The molecule has 0 aromatic heterocycles. The zero-order valence-electron chi connectivity index (χ0n) is 13.3. The molecule has 7 heteroatoms. The molecule has 1 amide bonds. The van der Waals surface area contributed by atoms with Gasteiger partial charge in [-0.05, 0) is 25.5 Å². The predicted octanol–water partition coefficient (Wildman–Crippen LogP) is 2.56. The first-order chi connectivity index (χ1) is 10.2. The summed E-state index contributed by atoms with van der Waals surface area (Å²) in [4.78, 5) is 14.5. The highest BCUT2D eigenvalue weighted by Crippen LogP contribution is 2.18. The van der Waals surface area contributed by atoms with E-state index < -0.39 is 0 Å². The van der Waals surface area contributed by atoms with Crippen LogP contribution in [0, 0.1) is 6.92 Å². The average molecular weight is 378 g/mol. The summed E-state index contributed by atoms with van der Waals surface area (Å²) in [7, 11) is 0. The van der Waals surface area contributed by atoms with Crippen molar-refractivity contribution < 1.29 is 4.79 Å². The van der Waals surface area contributed by atoms with Crippen molar-refractivity contribution in [2.45, 2.75) is 25.4 Å². The summed E-state index contributed by atoms with van der Waals surface area (Å²) in [6.07, 6.45) is 0.871. The minimum absolute atomic E-state index is 0. The van der Waals surface area contributed by atoms with Gasteiger partial charge in [0.1, 0.15) is 0 Å². The maximum atomic E-state index is 12.5. The zero-order chi connectivity index (χ0) is 14.7. The molecule has 23 heavy (non-hydrogen) atoms. The van der Waals surface area contributed by atoms with E-state index in [0.717, 1.165) is 43.2 Å². The molecular formula is C16H25Cl2N3OS. The molecule has 2 aliphatic heterocycles. The number of hydrogen-bond donors (Lipinski definition) is 2. The summed E-state index contributed by atoms with van der Waals surface area (Å²) in [5, 5.41) is 6.89. The topological polar surface area (TPSA) is 44.4 Å². The van der Waals surface area contributed by atoms with Crippen molar-refractivity contribution in [1.82, 2.24) is 10.2 Å². The Labute approximate surface area is 155 Å². The van der Waals surface area contributed by atoms with Crippen molar-refractivity contribution in [2.24, 2.45) is 0 Å². The smallest absolute Gasteiger partial charge is 0.239 e. The highest BCUT2D eigenvalue weighted by atomic mass is 35.5. The van der Waals surface area contributed by atoms with Crippen LogP contribution in [0.2, 0.25) is 0 Å². The van der Waals surface area contributed by atoms with Crippen LogP contribution in [-0.2, 0) is 4.79 Å². The molecule has 0 aliphatic carbocycles. The van der Waals surface area contributed by atoms with E-state index in [4.69, 9.17) is 0 Å². The van der Waals surface area contributed by atoms with E-state index in [1.165, 1.54) is 5.56 Å². The van der Waals surface area contributed by atoms with Gasteiger partial charge in [0.05, 0.1) is 6.04 Å². The number of thioether (sulfide) groups is 1. The van der Waals surface area contributed by atoms with Gasteiger partial charge in [-0.3, -0.25) is 4.79 Å². The molecule has 3 rings (SSSR count). The summed E-state index contributed by atoms with van der Waals surface area (Å²) < 4.78 is 0. The van der Waals surface area contributed by atoms with Gasteiger partial charge < -0.3 is 15.5 Å². The van der Waals surface area contributed by atoms with Crippen LogP contribution in [0.25, 0.3) is 0 Å². The third-order valence-corrected chi connectivity index (χ3v) is 5.12. The van der Waals surface area contributed by atoms with E-state index in [9.17, 15) is 4.79 Å². The lowest BCUT2D eigenvalue weighted by molar-refractivity contribution is -0.132. The van der Waals surface area contributed by atoms with Gasteiger partial charge in [0.2, 0.25) is 5.91 Å². The molecule has 2 aliphatic rings. The number of amides is 1. The van der Waals surface area contributed by atoms with E-state index >= 15 is 0 Å². The molecule has 0 bridgehead atoms. The number of rotatable bonds is 3. The van der Waals surface area contributed by atoms with Gasteiger partial charge in [-0.1, -0.05) is 17.7 Å². The molecular weight excluding hydrogens is 353 g/mol. The van der Waals surface area contributed by atoms with Crippen LogP contribution in [0.15, 0.2) is 24.3 Å². The quantitative estimate of drug-likeness (QED) is 0.849. The van der Waals surface area contributed by atoms with Crippen molar-refractivity contribution in [3.05, 3.63) is 29.8 Å². The van der Waals surface area contributed by atoms with Crippen LogP contribution >= 0.6 is 36.6 Å². The lowest BCUT2D eigenvalue weighted by atomic mass is 10.1. The molecule has 0 saturated carbocycles. The molecule has 0 spiro atoms. The maximum Gasteiger partial charge on any atom is 0.239 e. The van der Waals surface area contributed by atoms with Gasteiger partial charge in [-0.15, -0.1) is 24.8 Å². The Kier molecular flexibility index (Phi) is 8.54. The highest BCUT2D eigenvalue weighted by molar-refractivity contribution is 7.99. The Balaban J connectivity index is 0.00000132. The molecule has 0 unspecified atom stereocenters. The number of carbonyl (C=O) groups excluding carboxylic acids is 1. The lowest BCUT2D eigenvalue weighted by Crippen LogP contribution is -2.46. The minimum atomic E-state index is -0.0175. The fourth-order valence-electron chi connectivity index (χ4n) is 2.92. The lowest BCUT2D eigenvalue weighted by Gasteiger charge is -2.28. The number of hydrogen-bond acceptors (Lipinski definition) is 4. The molecule has 2 heterocycles. The minimum Gasteiger partial charge on any atom is -0.381 e. The number of anilines is 1. The molecule has 0 radical (unpaired) electrons. The number of nitrogens with one attached hydrogen (secondary N) is 2. The third-order valence-electron chi connectivity index (χ3n) is 4.17. The molecule has 4 nitrogen and oxygen atoms in total. The van der Waals surface area contributed by atoms with Crippen molar-refractivity contribution in [2.75, 3.05) is 36.5 Å². The van der Waals surface area contributed by atoms with Gasteiger partial charge in [-0.2, -0.15) is 11.8 Å². The van der Waals surface area contributed by atoms with E-state index in [0.29, 0.717) is 6.04 Å². The van der Waals surface area contributed by atoms with Crippen molar-refractivity contribution in [3.8, 4) is 0 Å². The third kappa shape index (κ3) is 5.45. The largest absolute Gasteiger partial charge is 0.381 e. The van der Waals surface area contributed by atoms with Crippen LogP contribution in [0.5, 0.6) is 0 Å². The van der Waals surface area contributed by atoms with E-state index in [2.05, 4.69) is 41.8 Å². The van der Waals surface area contributed by atoms with Crippen LogP contribution in [0.1, 0.15) is 12.0 Å². The van der Waals surface area contributed by atoms with Crippen molar-refractivity contribution in [3.63, 3.8) is 0 Å². The number of benzene rings is 1. The fourth-order valence-corrected chi connectivity index (χ4v) is 3.83. The van der Waals surface area contributed by atoms with Crippen molar-refractivity contribution >= 4 is 48.2 Å². The SMILES string of the molecule is Cc1ccc(N[C@@H]2CN[C@H](C(=O)N3CCSCC3)C2)cc1.Cl.Cl. The summed E-state index contributed by atoms with van der Waals surface area (Å²) in [6.45, 7) is 4.74. The summed E-state index contributed by atoms with van der Waals surface area (Å²) >= 11 is 1.94. The zero-order valence-corrected chi connectivity index (χ0v) is 15.7. The predicted molar refractivity (Wildman–Crippen MR) is 103 cm³/mol. The molecule has 2 atom stereocenters. The second kappa shape index (κ2) is 9.62. The molecule has 2 N–H and O–H groups in total. The van der Waals surface area contributed by atoms with E-state index in [-0.39, 0.29) is 36.8 Å². The van der Waals surface area contributed by atoms with Gasteiger partial charge in [0.15, 0.2) is 0 Å². The summed E-state index contributed by atoms with van der Waals surface area (Å²) in [5.41, 5.74) is 2.40. The monoisotopic (exact) mass is 377 g/mol. The van der Waals surface area contributed by atoms with Crippen LogP contribution in [0.4, 0.5) is 5.69 Å². The number of carbonyl (C=O) groups is 1. The van der Waals surface area contributed by atoms with Crippen LogP contribution in [-0.4, -0.2) is 54.0 Å². The van der Waals surface area contributed by atoms with Gasteiger partial charge in [0, 0.05) is 42.9 Å². The molecule has 2 saturated heterocycles. The molecule has 2 fully saturated rings. The standard InChI is InChI=1S/C16H23N3OS.2ClH/c1-12-2-4-13(5-3-12)18-14-10-15(17-11-14)16(20)19-6-8-21-9-7-19;;/h2-5,14-15,17-18H,6-11H2,1H3;2*1H/t14-,15-;;/m0../s1.